The second-order valence-electron chi connectivity index (χ2n) is 5.97. The quantitative estimate of drug-likeness (QED) is 0.653. The topological polar surface area (TPSA) is 83.8 Å². The molecule has 3 heterocycles. The summed E-state index contributed by atoms with van der Waals surface area (Å²) in [6, 6.07) is 13.2. The van der Waals surface area contributed by atoms with Crippen molar-refractivity contribution in [1.82, 2.24) is 4.98 Å². The zero-order chi connectivity index (χ0) is 19.5. The number of anilines is 2. The number of hydrogen-bond donors (Lipinski definition) is 2. The van der Waals surface area contributed by atoms with Gasteiger partial charge in [-0.25, -0.2) is 14.8 Å². The predicted octanol–water partition coefficient (Wildman–Crippen LogP) is 3.22. The Morgan fingerprint density at radius 1 is 1.25 bits per heavy atom. The third-order valence-electron chi connectivity index (χ3n) is 4.05. The highest BCUT2D eigenvalue weighted by molar-refractivity contribution is 7.17. The maximum absolute atomic E-state index is 12.4. The van der Waals surface area contributed by atoms with Crippen molar-refractivity contribution in [3.8, 4) is 5.75 Å². The Morgan fingerprint density at radius 3 is 2.82 bits per heavy atom. The second-order valence-corrected chi connectivity index (χ2v) is 7.02. The highest BCUT2D eigenvalue weighted by Crippen LogP contribution is 2.42. The molecule has 28 heavy (non-hydrogen) atoms. The molecule has 0 saturated carbocycles. The summed E-state index contributed by atoms with van der Waals surface area (Å²) in [5.41, 5.74) is 2.23. The van der Waals surface area contributed by atoms with Gasteiger partial charge in [0.1, 0.15) is 16.3 Å². The number of aromatic nitrogens is 1. The number of para-hydroxylation sites is 1. The van der Waals surface area contributed by atoms with Crippen molar-refractivity contribution in [2.75, 3.05) is 11.9 Å². The Morgan fingerprint density at radius 2 is 2.07 bits per heavy atom. The summed E-state index contributed by atoms with van der Waals surface area (Å²) in [4.78, 5) is 21.6. The second kappa shape index (κ2) is 7.66. The number of fused-ring (bicyclic) bond motifs is 1. The van der Waals surface area contributed by atoms with Gasteiger partial charge in [0.05, 0.1) is 17.2 Å². The maximum atomic E-state index is 12.4. The number of nitrogens with one attached hydrogen (secondary N) is 1. The first-order valence-corrected chi connectivity index (χ1v) is 9.55. The fourth-order valence-corrected chi connectivity index (χ4v) is 3.86. The van der Waals surface area contributed by atoms with E-state index in [4.69, 9.17) is 4.74 Å². The van der Waals surface area contributed by atoms with Crippen LogP contribution < -0.4 is 16.0 Å². The van der Waals surface area contributed by atoms with Crippen molar-refractivity contribution in [2.45, 2.75) is 6.92 Å². The van der Waals surface area contributed by atoms with Crippen LogP contribution in [0.3, 0.4) is 0 Å². The van der Waals surface area contributed by atoms with Crippen LogP contribution in [0.15, 0.2) is 59.4 Å². The van der Waals surface area contributed by atoms with E-state index < -0.39 is 5.97 Å². The van der Waals surface area contributed by atoms with Gasteiger partial charge >= 0.3 is 5.97 Å². The molecule has 0 unspecified atom stereocenters. The number of aromatic hydroxyl groups is 1. The van der Waals surface area contributed by atoms with E-state index >= 15 is 0 Å². The third-order valence-corrected chi connectivity index (χ3v) is 5.10. The molecule has 140 valence electrons. The summed E-state index contributed by atoms with van der Waals surface area (Å²) < 4.78 is 5.13. The van der Waals surface area contributed by atoms with Gasteiger partial charge in [0, 0.05) is 17.1 Å². The van der Waals surface area contributed by atoms with Gasteiger partial charge in [0.15, 0.2) is 5.49 Å². The monoisotopic (exact) mass is 391 g/mol. The van der Waals surface area contributed by atoms with Crippen molar-refractivity contribution in [1.29, 1.82) is 0 Å². The highest BCUT2D eigenvalue weighted by atomic mass is 32.1. The lowest BCUT2D eigenvalue weighted by Gasteiger charge is -2.07. The molecule has 0 aliphatic carbocycles. The van der Waals surface area contributed by atoms with Crippen molar-refractivity contribution in [3.05, 3.63) is 75.5 Å². The summed E-state index contributed by atoms with van der Waals surface area (Å²) in [5, 5.41) is 15.3. The smallest absolute Gasteiger partial charge is 0.344 e. The van der Waals surface area contributed by atoms with Crippen LogP contribution in [0, 0.1) is 0 Å². The van der Waals surface area contributed by atoms with Crippen LogP contribution in [0.2, 0.25) is 0 Å². The number of rotatable bonds is 5. The summed E-state index contributed by atoms with van der Waals surface area (Å²) in [5.74, 6) is -0.696. The Balaban J connectivity index is 1.76. The van der Waals surface area contributed by atoms with Crippen LogP contribution in [-0.2, 0) is 4.74 Å². The van der Waals surface area contributed by atoms with Crippen LogP contribution in [0.5, 0.6) is 5.75 Å². The SMILES string of the molecule is CCOC(=O)c1c(Nc2ccccc2)sc(C=C2C=c3cccnc3=N2)c1O. The Bertz CT molecular complexity index is 1150. The Hall–Kier alpha value is -3.45. The van der Waals surface area contributed by atoms with Crippen LogP contribution in [0.4, 0.5) is 10.7 Å². The minimum Gasteiger partial charge on any atom is -0.505 e. The molecule has 0 bridgehead atoms. The number of esters is 1. The molecule has 3 aromatic rings. The molecular formula is C21H17N3O3S. The van der Waals surface area contributed by atoms with Crippen molar-refractivity contribution < 1.29 is 14.6 Å². The molecule has 7 heteroatoms. The molecule has 0 radical (unpaired) electrons. The average molecular weight is 391 g/mol. The lowest BCUT2D eigenvalue weighted by Crippen LogP contribution is -2.23. The van der Waals surface area contributed by atoms with Crippen LogP contribution in [0.25, 0.3) is 12.2 Å². The van der Waals surface area contributed by atoms with Gasteiger partial charge < -0.3 is 15.2 Å². The maximum Gasteiger partial charge on any atom is 0.344 e. The molecule has 1 aliphatic heterocycles. The average Bonchev–Trinajstić information content (AvgIpc) is 3.23. The molecule has 0 saturated heterocycles. The number of thiophene rings is 1. The zero-order valence-electron chi connectivity index (χ0n) is 15.0. The molecule has 2 aromatic heterocycles. The Labute approximate surface area is 165 Å². The van der Waals surface area contributed by atoms with Gasteiger partial charge in [-0.3, -0.25) is 0 Å². The summed E-state index contributed by atoms with van der Waals surface area (Å²) in [6.45, 7) is 1.95. The summed E-state index contributed by atoms with van der Waals surface area (Å²) >= 11 is 1.26. The molecule has 0 amide bonds. The number of pyridine rings is 1. The first-order chi connectivity index (χ1) is 13.7. The van der Waals surface area contributed by atoms with E-state index in [0.717, 1.165) is 10.9 Å². The third kappa shape index (κ3) is 3.52. The molecule has 4 rings (SSSR count). The van der Waals surface area contributed by atoms with E-state index in [2.05, 4.69) is 15.3 Å². The number of benzene rings is 1. The molecule has 0 spiro atoms. The minimum absolute atomic E-state index is 0.121. The molecular weight excluding hydrogens is 374 g/mol. The number of hydrogen-bond acceptors (Lipinski definition) is 7. The largest absolute Gasteiger partial charge is 0.505 e. The number of nitrogens with zero attached hydrogens (tertiary/aromatic N) is 2. The standard InChI is InChI=1S/C21H17N3O3S/c1-2-27-21(26)17-18(25)16(28-20(17)24-14-8-4-3-5-9-14)12-15-11-13-7-6-10-22-19(13)23-15/h3-12,24-25H,2H2,1H3. The molecule has 6 nitrogen and oxygen atoms in total. The predicted molar refractivity (Wildman–Crippen MR) is 109 cm³/mol. The lowest BCUT2D eigenvalue weighted by molar-refractivity contribution is 0.0525. The van der Waals surface area contributed by atoms with Gasteiger partial charge in [0.25, 0.3) is 0 Å². The number of ether oxygens (including phenoxy) is 1. The summed E-state index contributed by atoms with van der Waals surface area (Å²) in [6.07, 6.45) is 5.30. The lowest BCUT2D eigenvalue weighted by atomic mass is 10.2. The van der Waals surface area contributed by atoms with E-state index in [9.17, 15) is 9.90 Å². The summed E-state index contributed by atoms with van der Waals surface area (Å²) in [7, 11) is 0. The van der Waals surface area contributed by atoms with Crippen LogP contribution >= 0.6 is 11.3 Å². The fourth-order valence-electron chi connectivity index (χ4n) is 2.81. The van der Waals surface area contributed by atoms with E-state index in [1.165, 1.54) is 11.3 Å². The van der Waals surface area contributed by atoms with E-state index in [0.29, 0.717) is 21.1 Å². The van der Waals surface area contributed by atoms with E-state index in [-0.39, 0.29) is 17.9 Å². The molecule has 0 fully saturated rings. The van der Waals surface area contributed by atoms with Gasteiger partial charge in [-0.2, -0.15) is 0 Å². The molecule has 0 atom stereocenters. The van der Waals surface area contributed by atoms with Crippen LogP contribution in [0.1, 0.15) is 22.2 Å². The highest BCUT2D eigenvalue weighted by Gasteiger charge is 2.24. The number of allylic oxidation sites excluding steroid dienone is 1. The zero-order valence-corrected chi connectivity index (χ0v) is 15.9. The van der Waals surface area contributed by atoms with Crippen molar-refractivity contribution >= 4 is 40.1 Å². The van der Waals surface area contributed by atoms with Crippen LogP contribution in [-0.4, -0.2) is 22.7 Å². The van der Waals surface area contributed by atoms with Crippen molar-refractivity contribution in [3.63, 3.8) is 0 Å². The number of carbonyl (C=O) groups is 1. The van der Waals surface area contributed by atoms with Gasteiger partial charge in [-0.1, -0.05) is 18.2 Å². The minimum atomic E-state index is -0.573. The van der Waals surface area contributed by atoms with Gasteiger partial charge in [-0.15, -0.1) is 11.3 Å². The first-order valence-electron chi connectivity index (χ1n) is 8.74. The van der Waals surface area contributed by atoms with E-state index in [1.807, 2.05) is 48.5 Å². The molecule has 1 aliphatic rings. The van der Waals surface area contributed by atoms with Gasteiger partial charge in [0.2, 0.25) is 0 Å². The first kappa shape index (κ1) is 17.9. The molecule has 1 aromatic carbocycles. The Kier molecular flexibility index (Phi) is 4.90. The van der Waals surface area contributed by atoms with Crippen molar-refractivity contribution in [2.24, 2.45) is 4.99 Å². The fraction of sp³-hybridized carbons (Fsp3) is 0.0952. The van der Waals surface area contributed by atoms with E-state index in [1.54, 1.807) is 19.2 Å². The normalized spacial score (nSPS) is 13.5. The molecule has 2 N–H and O–H groups in total. The number of carbonyl (C=O) groups excluding carboxylic acids is 1. The van der Waals surface area contributed by atoms with Gasteiger partial charge in [-0.05, 0) is 43.3 Å².